The first-order chi connectivity index (χ1) is 10.2. The van der Waals surface area contributed by atoms with Gasteiger partial charge in [0, 0.05) is 6.04 Å². The number of hydrogen-bond donors (Lipinski definition) is 1. The van der Waals surface area contributed by atoms with E-state index in [0.717, 1.165) is 43.0 Å². The molecule has 0 spiro atoms. The van der Waals surface area contributed by atoms with Crippen molar-refractivity contribution in [1.82, 2.24) is 4.90 Å². The lowest BCUT2D eigenvalue weighted by atomic mass is 9.98. The minimum atomic E-state index is -0.763. The molecule has 0 bridgehead atoms. The second-order valence-corrected chi connectivity index (χ2v) is 5.61. The molecule has 1 fully saturated rings. The molecule has 1 N–H and O–H groups in total. The van der Waals surface area contributed by atoms with Crippen molar-refractivity contribution < 1.29 is 19.4 Å². The smallest absolute Gasteiger partial charge is 0.305 e. The highest BCUT2D eigenvalue weighted by molar-refractivity contribution is 5.68. The lowest BCUT2D eigenvalue weighted by Crippen LogP contribution is -2.35. The Labute approximate surface area is 124 Å². The molecule has 2 aliphatic rings. The van der Waals surface area contributed by atoms with E-state index in [1.165, 1.54) is 6.42 Å². The summed E-state index contributed by atoms with van der Waals surface area (Å²) in [4.78, 5) is 13.5. The van der Waals surface area contributed by atoms with Crippen LogP contribution in [0.4, 0.5) is 0 Å². The van der Waals surface area contributed by atoms with Crippen LogP contribution in [0, 0.1) is 0 Å². The zero-order valence-electron chi connectivity index (χ0n) is 12.1. The van der Waals surface area contributed by atoms with E-state index in [1.807, 2.05) is 18.2 Å². The number of piperidine rings is 1. The number of likely N-dealkylation sites (tertiary alicyclic amines) is 1. The summed E-state index contributed by atoms with van der Waals surface area (Å²) in [6.07, 6.45) is 3.64. The molecule has 0 aromatic heterocycles. The van der Waals surface area contributed by atoms with Gasteiger partial charge in [-0.3, -0.25) is 9.69 Å². The summed E-state index contributed by atoms with van der Waals surface area (Å²) in [5.74, 6) is 0.712. The van der Waals surface area contributed by atoms with E-state index >= 15 is 0 Å². The maximum atomic E-state index is 11.2. The van der Waals surface area contributed by atoms with E-state index < -0.39 is 5.97 Å². The molecule has 21 heavy (non-hydrogen) atoms. The van der Waals surface area contributed by atoms with Crippen molar-refractivity contribution in [3.63, 3.8) is 0 Å². The number of nitrogens with zero attached hydrogens (tertiary/aromatic N) is 1. The van der Waals surface area contributed by atoms with Crippen molar-refractivity contribution in [2.24, 2.45) is 0 Å². The van der Waals surface area contributed by atoms with Gasteiger partial charge in [-0.05, 0) is 43.6 Å². The fourth-order valence-corrected chi connectivity index (χ4v) is 3.12. The van der Waals surface area contributed by atoms with Gasteiger partial charge in [0.1, 0.15) is 13.2 Å². The van der Waals surface area contributed by atoms with Crippen LogP contribution in [0.5, 0.6) is 11.5 Å². The Morgan fingerprint density at radius 3 is 2.57 bits per heavy atom. The molecule has 1 saturated heterocycles. The fraction of sp³-hybridized carbons (Fsp3) is 0.562. The van der Waals surface area contributed by atoms with Crippen LogP contribution in [0.15, 0.2) is 18.2 Å². The van der Waals surface area contributed by atoms with Crippen LogP contribution < -0.4 is 9.47 Å². The summed E-state index contributed by atoms with van der Waals surface area (Å²) in [6.45, 7) is 3.04. The standard InChI is InChI=1S/C16H21NO4/c18-16(19)11-13(17-6-2-1-3-7-17)12-4-5-14-15(10-12)21-9-8-20-14/h4-5,10,13H,1-3,6-9,11H2,(H,18,19). The van der Waals surface area contributed by atoms with Gasteiger partial charge in [-0.25, -0.2) is 0 Å². The number of benzene rings is 1. The molecule has 1 aromatic carbocycles. The van der Waals surface area contributed by atoms with Crippen LogP contribution in [0.2, 0.25) is 0 Å². The number of aliphatic carboxylic acids is 1. The number of hydrogen-bond acceptors (Lipinski definition) is 4. The number of carboxylic acid groups (broad SMARTS) is 1. The lowest BCUT2D eigenvalue weighted by molar-refractivity contribution is -0.138. The van der Waals surface area contributed by atoms with Crippen LogP contribution in [0.3, 0.4) is 0 Å². The van der Waals surface area contributed by atoms with Crippen LogP contribution in [-0.2, 0) is 4.79 Å². The van der Waals surface area contributed by atoms with Gasteiger partial charge in [-0.15, -0.1) is 0 Å². The quantitative estimate of drug-likeness (QED) is 0.923. The number of carbonyl (C=O) groups is 1. The SMILES string of the molecule is O=C(O)CC(c1ccc2c(c1)OCCO2)N1CCCCC1. The van der Waals surface area contributed by atoms with E-state index in [2.05, 4.69) is 4.90 Å². The first kappa shape index (κ1) is 14.2. The minimum absolute atomic E-state index is 0.0846. The Morgan fingerprint density at radius 2 is 1.86 bits per heavy atom. The third-order valence-corrected chi connectivity index (χ3v) is 4.15. The monoisotopic (exact) mass is 291 g/mol. The van der Waals surface area contributed by atoms with Gasteiger partial charge in [-0.1, -0.05) is 12.5 Å². The maximum Gasteiger partial charge on any atom is 0.305 e. The van der Waals surface area contributed by atoms with Crippen LogP contribution >= 0.6 is 0 Å². The Kier molecular flexibility index (Phi) is 4.29. The zero-order chi connectivity index (χ0) is 14.7. The summed E-state index contributed by atoms with van der Waals surface area (Å²) in [5.41, 5.74) is 1.00. The second-order valence-electron chi connectivity index (χ2n) is 5.61. The van der Waals surface area contributed by atoms with Gasteiger partial charge in [0.2, 0.25) is 0 Å². The molecule has 5 nitrogen and oxygen atoms in total. The van der Waals surface area contributed by atoms with Crippen molar-refractivity contribution in [3.8, 4) is 11.5 Å². The van der Waals surface area contributed by atoms with Gasteiger partial charge < -0.3 is 14.6 Å². The Bertz CT molecular complexity index is 511. The number of ether oxygens (including phenoxy) is 2. The lowest BCUT2D eigenvalue weighted by Gasteiger charge is -2.34. The summed E-state index contributed by atoms with van der Waals surface area (Å²) in [6, 6.07) is 5.72. The fourth-order valence-electron chi connectivity index (χ4n) is 3.12. The summed E-state index contributed by atoms with van der Waals surface area (Å²) in [7, 11) is 0. The van der Waals surface area contributed by atoms with Crippen molar-refractivity contribution in [2.75, 3.05) is 26.3 Å². The van der Waals surface area contributed by atoms with Gasteiger partial charge >= 0.3 is 5.97 Å². The number of fused-ring (bicyclic) bond motifs is 1. The van der Waals surface area contributed by atoms with E-state index in [-0.39, 0.29) is 12.5 Å². The largest absolute Gasteiger partial charge is 0.486 e. The third kappa shape index (κ3) is 3.29. The maximum absolute atomic E-state index is 11.2. The van der Waals surface area contributed by atoms with Crippen molar-refractivity contribution in [1.29, 1.82) is 0 Å². The Balaban J connectivity index is 1.86. The Hall–Kier alpha value is -1.75. The van der Waals surface area contributed by atoms with Gasteiger partial charge in [0.05, 0.1) is 6.42 Å². The zero-order valence-corrected chi connectivity index (χ0v) is 12.1. The highest BCUT2D eigenvalue weighted by Crippen LogP contribution is 2.36. The third-order valence-electron chi connectivity index (χ3n) is 4.15. The van der Waals surface area contributed by atoms with E-state index in [9.17, 15) is 9.90 Å². The predicted octanol–water partition coefficient (Wildman–Crippen LogP) is 2.46. The van der Waals surface area contributed by atoms with Crippen LogP contribution in [-0.4, -0.2) is 42.3 Å². The van der Waals surface area contributed by atoms with Crippen LogP contribution in [0.25, 0.3) is 0 Å². The summed E-state index contributed by atoms with van der Waals surface area (Å²) >= 11 is 0. The van der Waals surface area contributed by atoms with Crippen molar-refractivity contribution in [3.05, 3.63) is 23.8 Å². The molecule has 2 aliphatic heterocycles. The van der Waals surface area contributed by atoms with E-state index in [4.69, 9.17) is 9.47 Å². The molecule has 1 aromatic rings. The van der Waals surface area contributed by atoms with Crippen LogP contribution in [0.1, 0.15) is 37.3 Å². The molecule has 2 heterocycles. The normalized spacial score (nSPS) is 20.0. The molecule has 114 valence electrons. The van der Waals surface area contributed by atoms with Gasteiger partial charge in [0.15, 0.2) is 11.5 Å². The number of carboxylic acids is 1. The average Bonchev–Trinajstić information content (AvgIpc) is 2.53. The van der Waals surface area contributed by atoms with E-state index in [1.54, 1.807) is 0 Å². The topological polar surface area (TPSA) is 59.0 Å². The minimum Gasteiger partial charge on any atom is -0.486 e. The molecule has 1 atom stereocenters. The average molecular weight is 291 g/mol. The molecule has 1 unspecified atom stereocenters. The van der Waals surface area contributed by atoms with E-state index in [0.29, 0.717) is 13.2 Å². The highest BCUT2D eigenvalue weighted by atomic mass is 16.6. The molecular formula is C16H21NO4. The van der Waals surface area contributed by atoms with Gasteiger partial charge in [-0.2, -0.15) is 0 Å². The summed E-state index contributed by atoms with van der Waals surface area (Å²) in [5, 5.41) is 9.23. The highest BCUT2D eigenvalue weighted by Gasteiger charge is 2.26. The first-order valence-corrected chi connectivity index (χ1v) is 7.59. The van der Waals surface area contributed by atoms with Crippen molar-refractivity contribution in [2.45, 2.75) is 31.7 Å². The molecule has 5 heteroatoms. The Morgan fingerprint density at radius 1 is 1.14 bits per heavy atom. The van der Waals surface area contributed by atoms with Gasteiger partial charge in [0.25, 0.3) is 0 Å². The first-order valence-electron chi connectivity index (χ1n) is 7.59. The van der Waals surface area contributed by atoms with Crippen molar-refractivity contribution >= 4 is 5.97 Å². The predicted molar refractivity (Wildman–Crippen MR) is 77.8 cm³/mol. The molecular weight excluding hydrogens is 270 g/mol. The molecule has 0 saturated carbocycles. The summed E-state index contributed by atoms with van der Waals surface area (Å²) < 4.78 is 11.1. The molecule has 0 aliphatic carbocycles. The number of rotatable bonds is 4. The second kappa shape index (κ2) is 6.35. The molecule has 0 amide bonds. The molecule has 3 rings (SSSR count). The molecule has 0 radical (unpaired) electrons.